The zero-order chi connectivity index (χ0) is 18.1. The Bertz CT molecular complexity index is 747. The SMILES string of the molecule is COc1ccc(C2(O)[C@@H]3CCC[C@@H]2CN(Cc2ccccc2F)C3)cc1. The van der Waals surface area contributed by atoms with E-state index < -0.39 is 5.60 Å². The van der Waals surface area contributed by atoms with Gasteiger partial charge in [0.1, 0.15) is 11.6 Å². The third-order valence-electron chi connectivity index (χ3n) is 6.21. The van der Waals surface area contributed by atoms with Gasteiger partial charge in [0.25, 0.3) is 0 Å². The molecule has 26 heavy (non-hydrogen) atoms. The highest BCUT2D eigenvalue weighted by molar-refractivity contribution is 5.33. The molecule has 2 bridgehead atoms. The first-order valence-electron chi connectivity index (χ1n) is 9.44. The van der Waals surface area contributed by atoms with Crippen LogP contribution in [0.25, 0.3) is 0 Å². The summed E-state index contributed by atoms with van der Waals surface area (Å²) in [5.74, 6) is 1.01. The Morgan fingerprint density at radius 3 is 2.35 bits per heavy atom. The Morgan fingerprint density at radius 2 is 1.73 bits per heavy atom. The fourth-order valence-corrected chi connectivity index (χ4v) is 4.87. The normalized spacial score (nSPS) is 28.7. The smallest absolute Gasteiger partial charge is 0.127 e. The van der Waals surface area contributed by atoms with E-state index in [1.165, 1.54) is 6.07 Å². The number of nitrogens with zero attached hydrogens (tertiary/aromatic N) is 1. The van der Waals surface area contributed by atoms with E-state index in [0.717, 1.165) is 49.2 Å². The molecule has 0 spiro atoms. The van der Waals surface area contributed by atoms with E-state index in [2.05, 4.69) is 4.90 Å². The van der Waals surface area contributed by atoms with Gasteiger partial charge in [-0.15, -0.1) is 0 Å². The maximum absolute atomic E-state index is 14.0. The van der Waals surface area contributed by atoms with Gasteiger partial charge < -0.3 is 9.84 Å². The number of methoxy groups -OCH3 is 1. The van der Waals surface area contributed by atoms with Gasteiger partial charge in [0.15, 0.2) is 0 Å². The molecule has 2 atom stereocenters. The highest BCUT2D eigenvalue weighted by atomic mass is 19.1. The molecule has 4 rings (SSSR count). The minimum absolute atomic E-state index is 0.145. The Kier molecular flexibility index (Phi) is 4.72. The van der Waals surface area contributed by atoms with Crippen LogP contribution < -0.4 is 4.74 Å². The van der Waals surface area contributed by atoms with E-state index in [0.29, 0.717) is 6.54 Å². The van der Waals surface area contributed by atoms with Crippen molar-refractivity contribution in [1.82, 2.24) is 4.90 Å². The standard InChI is InChI=1S/C22H26FNO2/c1-26-20-11-9-17(10-12-20)22(25)18-6-4-7-19(22)15-24(14-18)13-16-5-2-3-8-21(16)23/h2-3,5,8-12,18-19,25H,4,6-7,13-15H2,1H3/t18-,19-/m1/s1. The lowest BCUT2D eigenvalue weighted by atomic mass is 9.62. The van der Waals surface area contributed by atoms with Gasteiger partial charge in [-0.25, -0.2) is 4.39 Å². The summed E-state index contributed by atoms with van der Waals surface area (Å²) < 4.78 is 19.3. The molecule has 2 aromatic carbocycles. The van der Waals surface area contributed by atoms with Gasteiger partial charge in [0, 0.05) is 37.0 Å². The average molecular weight is 355 g/mol. The second-order valence-electron chi connectivity index (χ2n) is 7.66. The molecule has 1 saturated heterocycles. The van der Waals surface area contributed by atoms with E-state index in [-0.39, 0.29) is 17.7 Å². The Hall–Kier alpha value is -1.91. The van der Waals surface area contributed by atoms with Gasteiger partial charge in [0.05, 0.1) is 12.7 Å². The van der Waals surface area contributed by atoms with E-state index in [1.54, 1.807) is 13.2 Å². The number of piperidine rings is 1. The molecule has 0 amide bonds. The zero-order valence-corrected chi connectivity index (χ0v) is 15.2. The fourth-order valence-electron chi connectivity index (χ4n) is 4.87. The maximum atomic E-state index is 14.0. The highest BCUT2D eigenvalue weighted by Crippen LogP contribution is 2.49. The van der Waals surface area contributed by atoms with Gasteiger partial charge in [-0.3, -0.25) is 4.90 Å². The first-order valence-corrected chi connectivity index (χ1v) is 9.44. The Balaban J connectivity index is 1.57. The van der Waals surface area contributed by atoms with Crippen molar-refractivity contribution in [3.8, 4) is 5.75 Å². The Morgan fingerprint density at radius 1 is 1.08 bits per heavy atom. The molecule has 2 aromatic rings. The molecule has 1 heterocycles. The number of hydrogen-bond donors (Lipinski definition) is 1. The van der Waals surface area contributed by atoms with Crippen molar-refractivity contribution >= 4 is 0 Å². The average Bonchev–Trinajstić information content (AvgIpc) is 2.64. The van der Waals surface area contributed by atoms with Crippen LogP contribution in [0.2, 0.25) is 0 Å². The molecular weight excluding hydrogens is 329 g/mol. The minimum atomic E-state index is -0.795. The van der Waals surface area contributed by atoms with Crippen LogP contribution in [0, 0.1) is 17.7 Å². The molecule has 2 fully saturated rings. The monoisotopic (exact) mass is 355 g/mol. The molecule has 2 aliphatic rings. The van der Waals surface area contributed by atoms with Crippen molar-refractivity contribution in [1.29, 1.82) is 0 Å². The first kappa shape index (κ1) is 17.5. The number of hydrogen-bond acceptors (Lipinski definition) is 3. The highest BCUT2D eigenvalue weighted by Gasteiger charge is 2.51. The Labute approximate surface area is 154 Å². The summed E-state index contributed by atoms with van der Waals surface area (Å²) in [6, 6.07) is 14.8. The third kappa shape index (κ3) is 3.01. The van der Waals surface area contributed by atoms with Crippen molar-refractivity contribution in [2.75, 3.05) is 20.2 Å². The molecule has 1 N–H and O–H groups in total. The molecule has 0 radical (unpaired) electrons. The van der Waals surface area contributed by atoms with Gasteiger partial charge in [-0.1, -0.05) is 36.8 Å². The van der Waals surface area contributed by atoms with Gasteiger partial charge >= 0.3 is 0 Å². The van der Waals surface area contributed by atoms with Crippen LogP contribution in [-0.4, -0.2) is 30.2 Å². The molecule has 3 nitrogen and oxygen atoms in total. The molecule has 1 aliphatic carbocycles. The number of aliphatic hydroxyl groups is 1. The summed E-state index contributed by atoms with van der Waals surface area (Å²) in [4.78, 5) is 2.31. The van der Waals surface area contributed by atoms with E-state index >= 15 is 0 Å². The van der Waals surface area contributed by atoms with Crippen molar-refractivity contribution in [3.63, 3.8) is 0 Å². The lowest BCUT2D eigenvalue weighted by Gasteiger charge is -2.53. The number of ether oxygens (including phenoxy) is 1. The molecule has 1 saturated carbocycles. The summed E-state index contributed by atoms with van der Waals surface area (Å²) >= 11 is 0. The largest absolute Gasteiger partial charge is 0.497 e. The number of rotatable bonds is 4. The van der Waals surface area contributed by atoms with Gasteiger partial charge in [-0.05, 0) is 36.6 Å². The topological polar surface area (TPSA) is 32.7 Å². The van der Waals surface area contributed by atoms with Crippen LogP contribution in [-0.2, 0) is 12.1 Å². The van der Waals surface area contributed by atoms with Gasteiger partial charge in [-0.2, -0.15) is 0 Å². The molecule has 138 valence electrons. The van der Waals surface area contributed by atoms with Crippen LogP contribution in [0.15, 0.2) is 48.5 Å². The number of benzene rings is 2. The molecular formula is C22H26FNO2. The predicted molar refractivity (Wildman–Crippen MR) is 99.4 cm³/mol. The van der Waals surface area contributed by atoms with Crippen LogP contribution in [0.3, 0.4) is 0 Å². The molecule has 1 aliphatic heterocycles. The first-order chi connectivity index (χ1) is 12.6. The number of fused-ring (bicyclic) bond motifs is 2. The molecule has 4 heteroatoms. The number of halogens is 1. The second kappa shape index (κ2) is 7.01. The van der Waals surface area contributed by atoms with E-state index in [9.17, 15) is 9.50 Å². The quantitative estimate of drug-likeness (QED) is 0.901. The molecule has 0 unspecified atom stereocenters. The summed E-state index contributed by atoms with van der Waals surface area (Å²) in [6.45, 7) is 2.21. The van der Waals surface area contributed by atoms with Crippen molar-refractivity contribution < 1.29 is 14.2 Å². The summed E-state index contributed by atoms with van der Waals surface area (Å²) in [7, 11) is 1.65. The lowest BCUT2D eigenvalue weighted by molar-refractivity contribution is -0.148. The van der Waals surface area contributed by atoms with Crippen LogP contribution in [0.4, 0.5) is 4.39 Å². The van der Waals surface area contributed by atoms with E-state index in [1.807, 2.05) is 36.4 Å². The lowest BCUT2D eigenvalue weighted by Crippen LogP contribution is -2.57. The second-order valence-corrected chi connectivity index (χ2v) is 7.66. The van der Waals surface area contributed by atoms with Crippen LogP contribution in [0.1, 0.15) is 30.4 Å². The van der Waals surface area contributed by atoms with Crippen LogP contribution >= 0.6 is 0 Å². The summed E-state index contributed by atoms with van der Waals surface area (Å²) in [5.41, 5.74) is 0.926. The summed E-state index contributed by atoms with van der Waals surface area (Å²) in [5, 5.41) is 11.7. The summed E-state index contributed by atoms with van der Waals surface area (Å²) in [6.07, 6.45) is 3.17. The van der Waals surface area contributed by atoms with Crippen LogP contribution in [0.5, 0.6) is 5.75 Å². The third-order valence-corrected chi connectivity index (χ3v) is 6.21. The molecule has 0 aromatic heterocycles. The van der Waals surface area contributed by atoms with Gasteiger partial charge in [0.2, 0.25) is 0 Å². The fraction of sp³-hybridized carbons (Fsp3) is 0.455. The van der Waals surface area contributed by atoms with Crippen molar-refractivity contribution in [2.45, 2.75) is 31.4 Å². The van der Waals surface area contributed by atoms with Crippen molar-refractivity contribution in [3.05, 3.63) is 65.5 Å². The van der Waals surface area contributed by atoms with E-state index in [4.69, 9.17) is 4.74 Å². The predicted octanol–water partition coefficient (Wildman–Crippen LogP) is 3.95. The minimum Gasteiger partial charge on any atom is -0.497 e. The number of likely N-dealkylation sites (tertiary alicyclic amines) is 1. The maximum Gasteiger partial charge on any atom is 0.127 e. The zero-order valence-electron chi connectivity index (χ0n) is 15.2. The van der Waals surface area contributed by atoms with Crippen molar-refractivity contribution in [2.24, 2.45) is 11.8 Å².